The van der Waals surface area contributed by atoms with Crippen molar-refractivity contribution in [3.8, 4) is 28.7 Å². The van der Waals surface area contributed by atoms with Crippen molar-refractivity contribution >= 4 is 21.8 Å². The molecular weight excluding hydrogens is 784 g/mol. The number of nitrogens with zero attached hydrogens (tertiary/aromatic N) is 4. The number of aryl methyl sites for hydroxylation is 1. The van der Waals surface area contributed by atoms with Crippen LogP contribution >= 0.6 is 0 Å². The summed E-state index contributed by atoms with van der Waals surface area (Å²) in [5.41, 5.74) is 10.0. The van der Waals surface area contributed by atoms with Crippen LogP contribution in [0.2, 0.25) is 0 Å². The normalized spacial score (nSPS) is 12.0. The standard InChI is InChI=1S/C43H42N4O.Pt/c1-28-23-31(42(4,5)6)17-20-38(28)46-27-45(29(2)30(46)3)33-13-12-14-34(25-33)48-35-18-19-37-36-15-10-11-16-39(36)47(40(37)26-35)41-24-32(21-22-44-41)43(7,8)9;/h10-24H,1-9H3;/q-2;. The number of aromatic nitrogens is 4. The van der Waals surface area contributed by atoms with Gasteiger partial charge in [-0.3, -0.25) is 4.57 Å². The smallest absolute Gasteiger partial charge is 0.267 e. The molecule has 0 aliphatic carbocycles. The zero-order chi connectivity index (χ0) is 34.0. The molecule has 0 amide bonds. The van der Waals surface area contributed by atoms with Crippen LogP contribution in [0.15, 0.2) is 91.1 Å². The fourth-order valence-electron chi connectivity index (χ4n) is 6.34. The van der Waals surface area contributed by atoms with Gasteiger partial charge in [0.2, 0.25) is 0 Å². The van der Waals surface area contributed by atoms with Crippen LogP contribution in [-0.4, -0.2) is 14.1 Å². The van der Waals surface area contributed by atoms with Gasteiger partial charge in [-0.25, -0.2) is 4.98 Å². The van der Waals surface area contributed by atoms with E-state index in [4.69, 9.17) is 9.72 Å². The quantitative estimate of drug-likeness (QED) is 0.128. The fourth-order valence-corrected chi connectivity index (χ4v) is 6.34. The van der Waals surface area contributed by atoms with Gasteiger partial charge in [0.15, 0.2) is 0 Å². The number of imidazole rings is 1. The zero-order valence-corrected chi connectivity index (χ0v) is 31.9. The monoisotopic (exact) mass is 825 g/mol. The maximum Gasteiger partial charge on any atom is 0.267 e. The third kappa shape index (κ3) is 6.37. The van der Waals surface area contributed by atoms with Crippen molar-refractivity contribution in [3.05, 3.63) is 138 Å². The van der Waals surface area contributed by atoms with Crippen LogP contribution in [0.25, 0.3) is 39.0 Å². The minimum Gasteiger partial charge on any atom is -0.510 e. The molecule has 0 saturated carbocycles. The summed E-state index contributed by atoms with van der Waals surface area (Å²) in [6, 6.07) is 36.5. The summed E-state index contributed by atoms with van der Waals surface area (Å²) >= 11 is 0. The van der Waals surface area contributed by atoms with E-state index in [1.807, 2.05) is 30.5 Å². The number of pyridine rings is 1. The van der Waals surface area contributed by atoms with Gasteiger partial charge in [0.25, 0.3) is 6.33 Å². The maximum atomic E-state index is 6.46. The van der Waals surface area contributed by atoms with E-state index in [-0.39, 0.29) is 31.9 Å². The van der Waals surface area contributed by atoms with Crippen LogP contribution in [0, 0.1) is 39.2 Å². The van der Waals surface area contributed by atoms with Crippen LogP contribution in [0.3, 0.4) is 0 Å². The Morgan fingerprint density at radius 3 is 2.16 bits per heavy atom. The molecule has 0 fully saturated rings. The first-order valence-corrected chi connectivity index (χ1v) is 16.6. The Morgan fingerprint density at radius 2 is 1.43 bits per heavy atom. The largest absolute Gasteiger partial charge is 0.510 e. The molecule has 0 bridgehead atoms. The van der Waals surface area contributed by atoms with Crippen molar-refractivity contribution < 1.29 is 30.4 Å². The molecule has 0 N–H and O–H groups in total. The zero-order valence-electron chi connectivity index (χ0n) is 29.7. The summed E-state index contributed by atoms with van der Waals surface area (Å²) in [5.74, 6) is 2.08. The molecule has 3 heterocycles. The van der Waals surface area contributed by atoms with Crippen molar-refractivity contribution in [2.45, 2.75) is 73.1 Å². The van der Waals surface area contributed by atoms with Crippen molar-refractivity contribution in [1.29, 1.82) is 0 Å². The minimum absolute atomic E-state index is 0. The van der Waals surface area contributed by atoms with Crippen LogP contribution in [0.4, 0.5) is 0 Å². The average molecular weight is 826 g/mol. The summed E-state index contributed by atoms with van der Waals surface area (Å²) in [5, 5.41) is 2.25. The fraction of sp³-hybridized carbons (Fsp3) is 0.256. The van der Waals surface area contributed by atoms with Crippen LogP contribution in [0.5, 0.6) is 11.5 Å². The number of para-hydroxylation sites is 1. The first kappa shape index (κ1) is 34.4. The Bertz CT molecular complexity index is 2330. The van der Waals surface area contributed by atoms with E-state index in [0.29, 0.717) is 11.5 Å². The molecule has 0 aliphatic heterocycles. The average Bonchev–Trinajstić information content (AvgIpc) is 3.53. The van der Waals surface area contributed by atoms with Crippen molar-refractivity contribution in [1.82, 2.24) is 14.1 Å². The third-order valence-corrected chi connectivity index (χ3v) is 9.31. The van der Waals surface area contributed by atoms with Gasteiger partial charge in [0.1, 0.15) is 5.82 Å². The number of hydrogen-bond acceptors (Lipinski definition) is 2. The molecular formula is C43H42N4OPt-2. The van der Waals surface area contributed by atoms with E-state index in [1.54, 1.807) is 0 Å². The number of hydrogen-bond donors (Lipinski definition) is 0. The van der Waals surface area contributed by atoms with E-state index in [9.17, 15) is 0 Å². The molecule has 0 aliphatic rings. The van der Waals surface area contributed by atoms with Gasteiger partial charge in [0, 0.05) is 50.0 Å². The van der Waals surface area contributed by atoms with Crippen LogP contribution in [-0.2, 0) is 31.9 Å². The molecule has 49 heavy (non-hydrogen) atoms. The molecule has 252 valence electrons. The molecule has 0 radical (unpaired) electrons. The predicted molar refractivity (Wildman–Crippen MR) is 194 cm³/mol. The Hall–Kier alpha value is -4.47. The van der Waals surface area contributed by atoms with Crippen molar-refractivity contribution in [2.24, 2.45) is 0 Å². The molecule has 0 spiro atoms. The van der Waals surface area contributed by atoms with Gasteiger partial charge >= 0.3 is 0 Å². The molecule has 0 atom stereocenters. The number of fused-ring (bicyclic) bond motifs is 3. The predicted octanol–water partition coefficient (Wildman–Crippen LogP) is 9.96. The van der Waals surface area contributed by atoms with E-state index in [0.717, 1.165) is 50.4 Å². The maximum absolute atomic E-state index is 6.46. The van der Waals surface area contributed by atoms with E-state index in [1.165, 1.54) is 16.7 Å². The van der Waals surface area contributed by atoms with Gasteiger partial charge in [-0.05, 0) is 83.6 Å². The van der Waals surface area contributed by atoms with Crippen LogP contribution < -0.4 is 9.30 Å². The summed E-state index contributed by atoms with van der Waals surface area (Å²) < 4.78 is 12.8. The SMILES string of the molecule is Cc1cc(C(C)(C)C)ccc1-[n+]1[c-]n(-c2[c-]c(Oc3[c-]c4c(cc3)c3ccccc3n4-c3cc(C(C)(C)C)ccn3)ccc2)c(C)c1C.[Pt]. The molecule has 0 saturated heterocycles. The summed E-state index contributed by atoms with van der Waals surface area (Å²) in [6.07, 6.45) is 5.47. The van der Waals surface area contributed by atoms with Gasteiger partial charge in [0.05, 0.1) is 11.4 Å². The van der Waals surface area contributed by atoms with Crippen LogP contribution in [0.1, 0.15) is 69.6 Å². The Labute approximate surface area is 304 Å². The molecule has 0 unspecified atom stereocenters. The summed E-state index contributed by atoms with van der Waals surface area (Å²) in [4.78, 5) is 4.80. The minimum atomic E-state index is -0.00167. The second-order valence-electron chi connectivity index (χ2n) is 14.8. The van der Waals surface area contributed by atoms with E-state index >= 15 is 0 Å². The first-order valence-electron chi connectivity index (χ1n) is 16.6. The molecule has 7 rings (SSSR count). The molecule has 6 heteroatoms. The van der Waals surface area contributed by atoms with Gasteiger partial charge < -0.3 is 13.9 Å². The van der Waals surface area contributed by atoms with Crippen molar-refractivity contribution in [2.75, 3.05) is 0 Å². The van der Waals surface area contributed by atoms with E-state index < -0.39 is 0 Å². The van der Waals surface area contributed by atoms with E-state index in [2.05, 4.69) is 155 Å². The first-order chi connectivity index (χ1) is 22.8. The van der Waals surface area contributed by atoms with Gasteiger partial charge in [-0.2, -0.15) is 18.2 Å². The molecule has 3 aromatic heterocycles. The summed E-state index contributed by atoms with van der Waals surface area (Å²) in [7, 11) is 0. The number of benzene rings is 4. The molecule has 7 aromatic rings. The summed E-state index contributed by atoms with van der Waals surface area (Å²) in [6.45, 7) is 19.8. The second-order valence-corrected chi connectivity index (χ2v) is 14.8. The Morgan fingerprint density at radius 1 is 0.714 bits per heavy atom. The Kier molecular flexibility index (Phi) is 8.96. The van der Waals surface area contributed by atoms with Crippen molar-refractivity contribution in [3.63, 3.8) is 0 Å². The van der Waals surface area contributed by atoms with Gasteiger partial charge in [-0.1, -0.05) is 77.4 Å². The number of rotatable bonds is 5. The molecule has 4 aromatic carbocycles. The van der Waals surface area contributed by atoms with Gasteiger partial charge in [-0.15, -0.1) is 29.7 Å². The third-order valence-electron chi connectivity index (χ3n) is 9.31. The molecule has 5 nitrogen and oxygen atoms in total. The second kappa shape index (κ2) is 12.8. The number of ether oxygens (including phenoxy) is 1. The topological polar surface area (TPSA) is 35.9 Å². The Balaban J connectivity index is 0.00000417.